The fraction of sp³-hybridized carbons (Fsp3) is 0.0400. The van der Waals surface area contributed by atoms with E-state index >= 15 is 0 Å². The van der Waals surface area contributed by atoms with Gasteiger partial charge >= 0.3 is 0 Å². The molecule has 0 atom stereocenters. The average molecular weight is 374 g/mol. The molecule has 6 aromatic rings. The minimum atomic E-state index is 0.674. The van der Waals surface area contributed by atoms with Crippen LogP contribution in [0.1, 0.15) is 5.56 Å². The summed E-state index contributed by atoms with van der Waals surface area (Å²) in [5.41, 5.74) is 2.29. The van der Waals surface area contributed by atoms with Gasteiger partial charge in [-0.2, -0.15) is 0 Å². The number of nitrogens with zero attached hydrogens (tertiary/aromatic N) is 2. The summed E-state index contributed by atoms with van der Waals surface area (Å²) in [6, 6.07) is 24.5. The summed E-state index contributed by atoms with van der Waals surface area (Å²) in [7, 11) is 0. The lowest BCUT2D eigenvalue weighted by Gasteiger charge is -2.12. The van der Waals surface area contributed by atoms with Crippen LogP contribution >= 0.6 is 11.3 Å². The van der Waals surface area contributed by atoms with Crippen molar-refractivity contribution in [2.24, 2.45) is 9.98 Å². The van der Waals surface area contributed by atoms with Crippen LogP contribution in [0.2, 0.25) is 0 Å². The summed E-state index contributed by atoms with van der Waals surface area (Å²) < 4.78 is 2.69. The smallest absolute Gasteiger partial charge is 0.110 e. The number of fused-ring (bicyclic) bond motifs is 5. The summed E-state index contributed by atoms with van der Waals surface area (Å²) in [5.74, 6) is 0. The molecule has 2 heterocycles. The van der Waals surface area contributed by atoms with Crippen LogP contribution in [0.25, 0.3) is 52.5 Å². The molecule has 0 saturated carbocycles. The third-order valence-electron chi connectivity index (χ3n) is 5.96. The monoisotopic (exact) mass is 374 g/mol. The number of rotatable bonds is 1. The second kappa shape index (κ2) is 5.15. The molecule has 130 valence electrons. The Balaban J connectivity index is 1.80. The molecular weight excluding hydrogens is 360 g/mol. The van der Waals surface area contributed by atoms with E-state index < -0.39 is 0 Å². The molecule has 0 bridgehead atoms. The summed E-state index contributed by atoms with van der Waals surface area (Å²) in [6.45, 7) is 0.674. The van der Waals surface area contributed by atoms with Crippen molar-refractivity contribution in [1.82, 2.24) is 0 Å². The first-order valence-corrected chi connectivity index (χ1v) is 10.3. The van der Waals surface area contributed by atoms with Crippen molar-refractivity contribution >= 4 is 75.9 Å². The highest BCUT2D eigenvalue weighted by molar-refractivity contribution is 7.27. The van der Waals surface area contributed by atoms with Gasteiger partial charge in [-0.15, -0.1) is 11.3 Å². The van der Waals surface area contributed by atoms with Crippen LogP contribution in [0.3, 0.4) is 0 Å². The SMILES string of the molecule is C1=NCC(c2cccc3c2sc2c4cccc5ccc6cccc(c32)c6c54)=N1. The Morgan fingerprint density at radius 2 is 1.32 bits per heavy atom. The molecule has 5 aromatic carbocycles. The van der Waals surface area contributed by atoms with Crippen molar-refractivity contribution in [3.8, 4) is 0 Å². The van der Waals surface area contributed by atoms with Crippen molar-refractivity contribution in [1.29, 1.82) is 0 Å². The van der Waals surface area contributed by atoms with Gasteiger partial charge in [0.2, 0.25) is 0 Å². The van der Waals surface area contributed by atoms with E-state index in [0.29, 0.717) is 6.54 Å². The Labute approximate surface area is 164 Å². The van der Waals surface area contributed by atoms with E-state index in [0.717, 1.165) is 5.71 Å². The third kappa shape index (κ3) is 1.73. The Bertz CT molecular complexity index is 1640. The third-order valence-corrected chi connectivity index (χ3v) is 7.23. The maximum absolute atomic E-state index is 4.51. The van der Waals surface area contributed by atoms with Crippen molar-refractivity contribution in [3.63, 3.8) is 0 Å². The van der Waals surface area contributed by atoms with E-state index in [1.807, 2.05) is 11.3 Å². The molecule has 7 rings (SSSR count). The van der Waals surface area contributed by atoms with Crippen LogP contribution in [0.15, 0.2) is 76.7 Å². The molecule has 0 N–H and O–H groups in total. The molecule has 0 fully saturated rings. The van der Waals surface area contributed by atoms with E-state index in [1.165, 1.54) is 58.1 Å². The summed E-state index contributed by atoms with van der Waals surface area (Å²) in [5, 5.41) is 10.8. The zero-order valence-electron chi connectivity index (χ0n) is 14.9. The van der Waals surface area contributed by atoms with E-state index in [-0.39, 0.29) is 0 Å². The first kappa shape index (κ1) is 14.7. The van der Waals surface area contributed by atoms with Crippen LogP contribution < -0.4 is 0 Å². The van der Waals surface area contributed by atoms with Crippen molar-refractivity contribution in [2.45, 2.75) is 0 Å². The molecule has 0 saturated heterocycles. The number of hydrogen-bond acceptors (Lipinski definition) is 3. The van der Waals surface area contributed by atoms with Gasteiger partial charge in [-0.25, -0.2) is 4.99 Å². The highest BCUT2D eigenvalue weighted by Gasteiger charge is 2.19. The Kier molecular flexibility index (Phi) is 2.71. The molecule has 1 aliphatic rings. The minimum absolute atomic E-state index is 0.674. The molecular formula is C25H14N2S. The molecule has 28 heavy (non-hydrogen) atoms. The maximum Gasteiger partial charge on any atom is 0.110 e. The standard InChI is InChI=1S/C25H14N2S/c1-4-14-10-11-15-5-2-8-18-22(15)21(14)17(7-1)23-19-9-3-6-16(20-12-26-13-27-20)24(19)28-25(18)23/h1-11,13H,12H2. The van der Waals surface area contributed by atoms with Gasteiger partial charge in [-0.3, -0.25) is 4.99 Å². The van der Waals surface area contributed by atoms with Crippen LogP contribution in [-0.4, -0.2) is 18.6 Å². The quantitative estimate of drug-likeness (QED) is 0.283. The maximum atomic E-state index is 4.51. The largest absolute Gasteiger partial charge is 0.267 e. The lowest BCUT2D eigenvalue weighted by Crippen LogP contribution is -2.01. The Morgan fingerprint density at radius 1 is 0.643 bits per heavy atom. The first-order valence-electron chi connectivity index (χ1n) is 9.46. The fourth-order valence-electron chi connectivity index (χ4n) is 4.79. The second-order valence-electron chi connectivity index (χ2n) is 7.39. The highest BCUT2D eigenvalue weighted by Crippen LogP contribution is 2.47. The highest BCUT2D eigenvalue weighted by atomic mass is 32.1. The van der Waals surface area contributed by atoms with Gasteiger partial charge in [-0.1, -0.05) is 66.7 Å². The van der Waals surface area contributed by atoms with Crippen LogP contribution in [0, 0.1) is 0 Å². The van der Waals surface area contributed by atoms with Crippen molar-refractivity contribution in [2.75, 3.05) is 6.54 Å². The van der Waals surface area contributed by atoms with E-state index in [2.05, 4.69) is 76.7 Å². The van der Waals surface area contributed by atoms with Gasteiger partial charge in [0, 0.05) is 31.1 Å². The number of thiophene rings is 1. The number of hydrogen-bond donors (Lipinski definition) is 0. The lowest BCUT2D eigenvalue weighted by molar-refractivity contribution is 1.35. The number of aliphatic imine (C=N–C) groups is 2. The van der Waals surface area contributed by atoms with Gasteiger partial charge in [0.1, 0.15) is 6.34 Å². The normalized spacial score (nSPS) is 14.4. The number of benzene rings is 5. The predicted octanol–water partition coefficient (Wildman–Crippen LogP) is 6.78. The fourth-order valence-corrected chi connectivity index (χ4v) is 6.17. The van der Waals surface area contributed by atoms with Gasteiger partial charge in [-0.05, 0) is 26.9 Å². The average Bonchev–Trinajstić information content (AvgIpc) is 3.40. The molecule has 0 aliphatic carbocycles. The topological polar surface area (TPSA) is 24.7 Å². The molecule has 1 aromatic heterocycles. The van der Waals surface area contributed by atoms with Gasteiger partial charge in [0.25, 0.3) is 0 Å². The Hall–Kier alpha value is -3.30. The molecule has 3 heteroatoms. The molecule has 0 unspecified atom stereocenters. The minimum Gasteiger partial charge on any atom is -0.267 e. The van der Waals surface area contributed by atoms with Crippen LogP contribution in [0.5, 0.6) is 0 Å². The molecule has 0 radical (unpaired) electrons. The molecule has 0 spiro atoms. The molecule has 1 aliphatic heterocycles. The second-order valence-corrected chi connectivity index (χ2v) is 8.41. The van der Waals surface area contributed by atoms with Crippen LogP contribution in [-0.2, 0) is 0 Å². The van der Waals surface area contributed by atoms with Crippen LogP contribution in [0.4, 0.5) is 0 Å². The van der Waals surface area contributed by atoms with E-state index in [1.54, 1.807) is 6.34 Å². The van der Waals surface area contributed by atoms with Gasteiger partial charge in [0.05, 0.1) is 12.3 Å². The van der Waals surface area contributed by atoms with Crippen molar-refractivity contribution in [3.05, 3.63) is 72.3 Å². The zero-order chi connectivity index (χ0) is 18.2. The van der Waals surface area contributed by atoms with E-state index in [9.17, 15) is 0 Å². The first-order chi connectivity index (χ1) is 13.9. The van der Waals surface area contributed by atoms with Gasteiger partial charge in [0.15, 0.2) is 0 Å². The van der Waals surface area contributed by atoms with E-state index in [4.69, 9.17) is 0 Å². The molecule has 0 amide bonds. The van der Waals surface area contributed by atoms with Gasteiger partial charge < -0.3 is 0 Å². The summed E-state index contributed by atoms with van der Waals surface area (Å²) in [6.07, 6.45) is 1.68. The Morgan fingerprint density at radius 3 is 2.07 bits per heavy atom. The predicted molar refractivity (Wildman–Crippen MR) is 123 cm³/mol. The lowest BCUT2D eigenvalue weighted by atomic mass is 9.91. The summed E-state index contributed by atoms with van der Waals surface area (Å²) >= 11 is 1.90. The summed E-state index contributed by atoms with van der Waals surface area (Å²) in [4.78, 5) is 8.81. The van der Waals surface area contributed by atoms with Crippen molar-refractivity contribution < 1.29 is 0 Å². The zero-order valence-corrected chi connectivity index (χ0v) is 15.8. The molecule has 2 nitrogen and oxygen atoms in total.